The molecule has 0 aliphatic carbocycles. The minimum Gasteiger partial charge on any atom is -0.352 e. The van der Waals surface area contributed by atoms with Crippen molar-refractivity contribution < 1.29 is 4.79 Å². The molecule has 26 heavy (non-hydrogen) atoms. The molecule has 1 aliphatic rings. The molecule has 0 saturated carbocycles. The summed E-state index contributed by atoms with van der Waals surface area (Å²) in [7, 11) is 0. The van der Waals surface area contributed by atoms with Crippen LogP contribution in [0, 0.1) is 13.8 Å². The van der Waals surface area contributed by atoms with Crippen molar-refractivity contribution in [3.63, 3.8) is 0 Å². The smallest absolute Gasteiger partial charge is 0.253 e. The Morgan fingerprint density at radius 3 is 2.27 bits per heavy atom. The van der Waals surface area contributed by atoms with Gasteiger partial charge in [0.25, 0.3) is 5.91 Å². The van der Waals surface area contributed by atoms with Crippen LogP contribution in [0.4, 0.5) is 5.82 Å². The Hall–Kier alpha value is -2.95. The maximum atomic E-state index is 12.7. The fourth-order valence-electron chi connectivity index (χ4n) is 3.46. The van der Waals surface area contributed by atoms with Crippen molar-refractivity contribution in [3.05, 3.63) is 65.4 Å². The van der Waals surface area contributed by atoms with E-state index >= 15 is 0 Å². The molecule has 1 fully saturated rings. The fraction of sp³-hybridized carbons (Fsp3) is 0.286. The maximum absolute atomic E-state index is 12.7. The Morgan fingerprint density at radius 1 is 0.885 bits per heavy atom. The monoisotopic (exact) mass is 346 g/mol. The van der Waals surface area contributed by atoms with Gasteiger partial charge in [0.15, 0.2) is 5.82 Å². The van der Waals surface area contributed by atoms with Gasteiger partial charge in [-0.05, 0) is 38.1 Å². The molecule has 0 bridgehead atoms. The Kier molecular flexibility index (Phi) is 4.29. The Morgan fingerprint density at radius 2 is 1.58 bits per heavy atom. The van der Waals surface area contributed by atoms with Gasteiger partial charge in [0.05, 0.1) is 16.7 Å². The molecule has 3 aromatic rings. The second-order valence-electron chi connectivity index (χ2n) is 6.77. The number of anilines is 1. The van der Waals surface area contributed by atoms with Gasteiger partial charge >= 0.3 is 0 Å². The lowest BCUT2D eigenvalue weighted by Gasteiger charge is -2.36. The van der Waals surface area contributed by atoms with Crippen LogP contribution in [-0.4, -0.2) is 47.0 Å². The highest BCUT2D eigenvalue weighted by Gasteiger charge is 2.24. The molecule has 2 aromatic carbocycles. The summed E-state index contributed by atoms with van der Waals surface area (Å²) in [5.74, 6) is 1.03. The fourth-order valence-corrected chi connectivity index (χ4v) is 3.46. The maximum Gasteiger partial charge on any atom is 0.253 e. The van der Waals surface area contributed by atoms with Crippen LogP contribution in [0.5, 0.6) is 0 Å². The van der Waals surface area contributed by atoms with Gasteiger partial charge in [-0.2, -0.15) is 0 Å². The summed E-state index contributed by atoms with van der Waals surface area (Å²) in [4.78, 5) is 26.3. The zero-order valence-electron chi connectivity index (χ0n) is 15.1. The highest BCUT2D eigenvalue weighted by Crippen LogP contribution is 2.21. The number of nitrogens with zero attached hydrogens (tertiary/aromatic N) is 4. The minimum atomic E-state index is 0.106. The van der Waals surface area contributed by atoms with E-state index in [1.165, 1.54) is 0 Å². The molecule has 1 saturated heterocycles. The van der Waals surface area contributed by atoms with Gasteiger partial charge in [-0.15, -0.1) is 0 Å². The predicted molar refractivity (Wildman–Crippen MR) is 104 cm³/mol. The molecule has 4 rings (SSSR count). The zero-order valence-corrected chi connectivity index (χ0v) is 15.1. The van der Waals surface area contributed by atoms with Crippen LogP contribution in [0.2, 0.25) is 0 Å². The number of carbonyl (C=O) groups is 1. The molecular formula is C21H22N4O. The van der Waals surface area contributed by atoms with E-state index in [0.29, 0.717) is 13.1 Å². The van der Waals surface area contributed by atoms with Crippen LogP contribution >= 0.6 is 0 Å². The van der Waals surface area contributed by atoms with Crippen molar-refractivity contribution in [2.24, 2.45) is 0 Å². The van der Waals surface area contributed by atoms with E-state index in [4.69, 9.17) is 4.98 Å². The lowest BCUT2D eigenvalue weighted by Crippen LogP contribution is -2.49. The number of aromatic nitrogens is 2. The third kappa shape index (κ3) is 3.12. The van der Waals surface area contributed by atoms with Crippen LogP contribution < -0.4 is 4.90 Å². The van der Waals surface area contributed by atoms with Crippen molar-refractivity contribution in [1.29, 1.82) is 0 Å². The Labute approximate surface area is 153 Å². The van der Waals surface area contributed by atoms with Crippen molar-refractivity contribution in [2.75, 3.05) is 31.1 Å². The SMILES string of the molecule is Cc1cccc(C(=O)N2CCN(c3nc4ccccc4nc3C)CC2)c1. The quantitative estimate of drug-likeness (QED) is 0.715. The van der Waals surface area contributed by atoms with Crippen molar-refractivity contribution in [3.8, 4) is 0 Å². The molecule has 0 N–H and O–H groups in total. The second-order valence-corrected chi connectivity index (χ2v) is 6.77. The topological polar surface area (TPSA) is 49.3 Å². The first-order valence-corrected chi connectivity index (χ1v) is 8.96. The average molecular weight is 346 g/mol. The van der Waals surface area contributed by atoms with Crippen molar-refractivity contribution >= 4 is 22.8 Å². The number of carbonyl (C=O) groups excluding carboxylic acids is 1. The summed E-state index contributed by atoms with van der Waals surface area (Å²) in [5.41, 5.74) is 4.63. The molecule has 132 valence electrons. The number of amides is 1. The first-order chi connectivity index (χ1) is 12.6. The number of fused-ring (bicyclic) bond motifs is 1. The van der Waals surface area contributed by atoms with Crippen LogP contribution in [-0.2, 0) is 0 Å². The first kappa shape index (κ1) is 16.5. The summed E-state index contributed by atoms with van der Waals surface area (Å²) in [5, 5.41) is 0. The largest absolute Gasteiger partial charge is 0.352 e. The molecular weight excluding hydrogens is 324 g/mol. The third-order valence-electron chi connectivity index (χ3n) is 4.85. The van der Waals surface area contributed by atoms with Crippen LogP contribution in [0.25, 0.3) is 11.0 Å². The number of rotatable bonds is 2. The number of benzene rings is 2. The Balaban J connectivity index is 1.50. The minimum absolute atomic E-state index is 0.106. The summed E-state index contributed by atoms with van der Waals surface area (Å²) in [6.45, 7) is 6.94. The molecule has 0 radical (unpaired) electrons. The standard InChI is InChI=1S/C21H22N4O/c1-15-6-5-7-17(14-15)21(26)25-12-10-24(11-13-25)20-16(2)22-18-8-3-4-9-19(18)23-20/h3-9,14H,10-13H2,1-2H3. The van der Waals surface area contributed by atoms with Gasteiger partial charge in [-0.3, -0.25) is 4.79 Å². The lowest BCUT2D eigenvalue weighted by molar-refractivity contribution is 0.0746. The van der Waals surface area contributed by atoms with Gasteiger partial charge in [-0.25, -0.2) is 9.97 Å². The predicted octanol–water partition coefficient (Wildman–Crippen LogP) is 3.21. The van der Waals surface area contributed by atoms with Gasteiger partial charge in [0, 0.05) is 31.7 Å². The van der Waals surface area contributed by atoms with Gasteiger partial charge in [0.2, 0.25) is 0 Å². The number of piperazine rings is 1. The third-order valence-corrected chi connectivity index (χ3v) is 4.85. The summed E-state index contributed by atoms with van der Waals surface area (Å²) in [6, 6.07) is 15.7. The highest BCUT2D eigenvalue weighted by molar-refractivity contribution is 5.94. The molecule has 0 atom stereocenters. The molecule has 0 unspecified atom stereocenters. The van der Waals surface area contributed by atoms with E-state index < -0.39 is 0 Å². The highest BCUT2D eigenvalue weighted by atomic mass is 16.2. The van der Waals surface area contributed by atoms with Gasteiger partial charge in [-0.1, -0.05) is 29.8 Å². The molecule has 1 aliphatic heterocycles. The van der Waals surface area contributed by atoms with E-state index in [9.17, 15) is 4.79 Å². The average Bonchev–Trinajstić information content (AvgIpc) is 2.67. The first-order valence-electron chi connectivity index (χ1n) is 8.96. The summed E-state index contributed by atoms with van der Waals surface area (Å²) < 4.78 is 0. The number of aryl methyl sites for hydroxylation is 2. The van der Waals surface area contributed by atoms with Crippen molar-refractivity contribution in [2.45, 2.75) is 13.8 Å². The summed E-state index contributed by atoms with van der Waals surface area (Å²) >= 11 is 0. The van der Waals surface area contributed by atoms with E-state index in [2.05, 4.69) is 9.88 Å². The number of hydrogen-bond acceptors (Lipinski definition) is 4. The van der Waals surface area contributed by atoms with Gasteiger partial charge < -0.3 is 9.80 Å². The molecule has 5 nitrogen and oxygen atoms in total. The molecule has 5 heteroatoms. The van der Waals surface area contributed by atoms with E-state index in [1.54, 1.807) is 0 Å². The molecule has 1 amide bonds. The van der Waals surface area contributed by atoms with E-state index in [-0.39, 0.29) is 5.91 Å². The van der Waals surface area contributed by atoms with Crippen LogP contribution in [0.15, 0.2) is 48.5 Å². The molecule has 2 heterocycles. The van der Waals surface area contributed by atoms with Crippen LogP contribution in [0.3, 0.4) is 0 Å². The zero-order chi connectivity index (χ0) is 18.1. The van der Waals surface area contributed by atoms with E-state index in [0.717, 1.165) is 46.8 Å². The summed E-state index contributed by atoms with van der Waals surface area (Å²) in [6.07, 6.45) is 0. The molecule has 1 aromatic heterocycles. The lowest BCUT2D eigenvalue weighted by atomic mass is 10.1. The van der Waals surface area contributed by atoms with E-state index in [1.807, 2.05) is 67.3 Å². The second kappa shape index (κ2) is 6.75. The van der Waals surface area contributed by atoms with Gasteiger partial charge in [0.1, 0.15) is 0 Å². The number of hydrogen-bond donors (Lipinski definition) is 0. The van der Waals surface area contributed by atoms with Crippen molar-refractivity contribution in [1.82, 2.24) is 14.9 Å². The molecule has 0 spiro atoms. The number of para-hydroxylation sites is 2. The van der Waals surface area contributed by atoms with Crippen LogP contribution in [0.1, 0.15) is 21.6 Å². The Bertz CT molecular complexity index is 961. The normalized spacial score (nSPS) is 14.7.